The minimum atomic E-state index is -0.390. The molecule has 4 N–H and O–H groups in total. The van der Waals surface area contributed by atoms with E-state index in [4.69, 9.17) is 17.4 Å². The molecule has 2 aromatic rings. The van der Waals surface area contributed by atoms with Gasteiger partial charge in [-0.05, 0) is 24.6 Å². The van der Waals surface area contributed by atoms with Crippen LogP contribution in [0, 0.1) is 5.82 Å². The molecule has 7 heteroatoms. The predicted molar refractivity (Wildman–Crippen MR) is 78.5 cm³/mol. The van der Waals surface area contributed by atoms with Gasteiger partial charge in [0.15, 0.2) is 0 Å². The Balaban J connectivity index is 2.29. The van der Waals surface area contributed by atoms with Crippen LogP contribution in [0.4, 0.5) is 21.7 Å². The molecule has 0 bridgehead atoms. The Morgan fingerprint density at radius 3 is 2.65 bits per heavy atom. The van der Waals surface area contributed by atoms with Crippen molar-refractivity contribution in [1.29, 1.82) is 0 Å². The molecule has 20 heavy (non-hydrogen) atoms. The fourth-order valence-corrected chi connectivity index (χ4v) is 1.91. The van der Waals surface area contributed by atoms with Crippen molar-refractivity contribution in [3.63, 3.8) is 0 Å². The van der Waals surface area contributed by atoms with Gasteiger partial charge in [-0.25, -0.2) is 20.2 Å². The maximum atomic E-state index is 13.0. The van der Waals surface area contributed by atoms with Crippen molar-refractivity contribution in [2.75, 3.05) is 10.7 Å². The lowest BCUT2D eigenvalue weighted by Crippen LogP contribution is -2.11. The van der Waals surface area contributed by atoms with E-state index >= 15 is 0 Å². The van der Waals surface area contributed by atoms with Crippen LogP contribution in [0.2, 0.25) is 5.02 Å². The first-order chi connectivity index (χ1) is 9.62. The summed E-state index contributed by atoms with van der Waals surface area (Å²) in [7, 11) is 0. The van der Waals surface area contributed by atoms with E-state index in [9.17, 15) is 4.39 Å². The molecule has 0 aliphatic heterocycles. The summed E-state index contributed by atoms with van der Waals surface area (Å²) in [6, 6.07) is 5.76. The van der Waals surface area contributed by atoms with E-state index in [0.717, 1.165) is 12.8 Å². The maximum Gasteiger partial charge on any atom is 0.145 e. The average molecular weight is 296 g/mol. The number of nitrogens with two attached hydrogens (primary N) is 1. The van der Waals surface area contributed by atoms with Crippen LogP contribution in [0.15, 0.2) is 24.3 Å². The molecule has 2 rings (SSSR count). The van der Waals surface area contributed by atoms with Gasteiger partial charge in [-0.3, -0.25) is 0 Å². The summed E-state index contributed by atoms with van der Waals surface area (Å²) in [6.07, 6.45) is 1.66. The Bertz CT molecular complexity index is 605. The van der Waals surface area contributed by atoms with Gasteiger partial charge in [-0.2, -0.15) is 0 Å². The van der Waals surface area contributed by atoms with Gasteiger partial charge in [0.25, 0.3) is 0 Å². The number of nitrogen functional groups attached to an aromatic ring is 1. The number of hydrogen-bond acceptors (Lipinski definition) is 5. The Kier molecular flexibility index (Phi) is 4.70. The first-order valence-corrected chi connectivity index (χ1v) is 6.57. The standard InChI is InChI=1S/C13H15ClFN5/c1-2-3-11-18-12(7-13(19-11)20-16)17-10-5-4-8(15)6-9(10)14/h4-7H,2-3,16H2,1H3,(H2,17,18,19,20). The molecule has 0 fully saturated rings. The molecule has 0 saturated carbocycles. The van der Waals surface area contributed by atoms with Crippen molar-refractivity contribution in [3.8, 4) is 0 Å². The molecule has 0 spiro atoms. The zero-order chi connectivity index (χ0) is 14.5. The van der Waals surface area contributed by atoms with Gasteiger partial charge >= 0.3 is 0 Å². The van der Waals surface area contributed by atoms with Crippen LogP contribution in [0.25, 0.3) is 0 Å². The molecule has 1 aromatic carbocycles. The topological polar surface area (TPSA) is 75.9 Å². The Hall–Kier alpha value is -1.92. The van der Waals surface area contributed by atoms with Crippen LogP contribution < -0.4 is 16.6 Å². The number of aryl methyl sites for hydroxylation is 1. The Labute approximate surface area is 121 Å². The second-order valence-corrected chi connectivity index (χ2v) is 4.61. The fraction of sp³-hybridized carbons (Fsp3) is 0.231. The smallest absolute Gasteiger partial charge is 0.145 e. The molecule has 5 nitrogen and oxygen atoms in total. The van der Waals surface area contributed by atoms with E-state index < -0.39 is 0 Å². The van der Waals surface area contributed by atoms with E-state index in [1.54, 1.807) is 12.1 Å². The lowest BCUT2D eigenvalue weighted by Gasteiger charge is -2.10. The first-order valence-electron chi connectivity index (χ1n) is 6.19. The van der Waals surface area contributed by atoms with Crippen LogP contribution in [0.1, 0.15) is 19.2 Å². The highest BCUT2D eigenvalue weighted by Crippen LogP contribution is 2.26. The molecule has 0 aliphatic rings. The van der Waals surface area contributed by atoms with E-state index in [1.807, 2.05) is 6.92 Å². The summed E-state index contributed by atoms with van der Waals surface area (Å²) in [4.78, 5) is 8.60. The van der Waals surface area contributed by atoms with Gasteiger partial charge in [0.05, 0.1) is 10.7 Å². The summed E-state index contributed by atoms with van der Waals surface area (Å²) in [6.45, 7) is 2.04. The zero-order valence-corrected chi connectivity index (χ0v) is 11.7. The molecule has 1 heterocycles. The number of hydrogen-bond donors (Lipinski definition) is 3. The summed E-state index contributed by atoms with van der Waals surface area (Å²) < 4.78 is 13.0. The number of anilines is 3. The van der Waals surface area contributed by atoms with Crippen molar-refractivity contribution in [2.45, 2.75) is 19.8 Å². The summed E-state index contributed by atoms with van der Waals surface area (Å²) in [5.41, 5.74) is 3.06. The molecular weight excluding hydrogens is 281 g/mol. The van der Waals surface area contributed by atoms with Crippen molar-refractivity contribution in [3.05, 3.63) is 40.9 Å². The molecule has 0 radical (unpaired) electrons. The van der Waals surface area contributed by atoms with Gasteiger partial charge in [0, 0.05) is 12.5 Å². The zero-order valence-electron chi connectivity index (χ0n) is 11.0. The molecule has 1 aromatic heterocycles. The van der Waals surface area contributed by atoms with Crippen LogP contribution in [-0.4, -0.2) is 9.97 Å². The monoisotopic (exact) mass is 295 g/mol. The predicted octanol–water partition coefficient (Wildman–Crippen LogP) is 3.25. The van der Waals surface area contributed by atoms with Gasteiger partial charge in [-0.1, -0.05) is 18.5 Å². The number of aromatic nitrogens is 2. The first kappa shape index (κ1) is 14.5. The van der Waals surface area contributed by atoms with E-state index in [0.29, 0.717) is 23.1 Å². The van der Waals surface area contributed by atoms with Crippen molar-refractivity contribution in [1.82, 2.24) is 9.97 Å². The Morgan fingerprint density at radius 1 is 1.25 bits per heavy atom. The van der Waals surface area contributed by atoms with Gasteiger partial charge in [0.2, 0.25) is 0 Å². The molecule has 0 saturated heterocycles. The minimum absolute atomic E-state index is 0.280. The largest absolute Gasteiger partial charge is 0.339 e. The number of benzene rings is 1. The van der Waals surface area contributed by atoms with Crippen LogP contribution in [0.3, 0.4) is 0 Å². The van der Waals surface area contributed by atoms with Gasteiger partial charge in [0.1, 0.15) is 23.3 Å². The van der Waals surface area contributed by atoms with Gasteiger partial charge < -0.3 is 10.7 Å². The van der Waals surface area contributed by atoms with E-state index in [2.05, 4.69) is 20.7 Å². The molecule has 0 atom stereocenters. The number of hydrazine groups is 1. The van der Waals surface area contributed by atoms with E-state index in [-0.39, 0.29) is 10.8 Å². The molecule has 0 aliphatic carbocycles. The lowest BCUT2D eigenvalue weighted by molar-refractivity contribution is 0.628. The second-order valence-electron chi connectivity index (χ2n) is 4.20. The van der Waals surface area contributed by atoms with Crippen molar-refractivity contribution < 1.29 is 4.39 Å². The highest BCUT2D eigenvalue weighted by atomic mass is 35.5. The number of rotatable bonds is 5. The minimum Gasteiger partial charge on any atom is -0.339 e. The number of nitrogens with zero attached hydrogens (tertiary/aromatic N) is 2. The van der Waals surface area contributed by atoms with Crippen molar-refractivity contribution >= 4 is 28.9 Å². The van der Waals surface area contributed by atoms with Gasteiger partial charge in [-0.15, -0.1) is 0 Å². The molecule has 0 amide bonds. The van der Waals surface area contributed by atoms with Crippen LogP contribution >= 0.6 is 11.6 Å². The summed E-state index contributed by atoms with van der Waals surface area (Å²) >= 11 is 5.97. The summed E-state index contributed by atoms with van der Waals surface area (Å²) in [5.74, 6) is 6.71. The lowest BCUT2D eigenvalue weighted by atomic mass is 10.3. The van der Waals surface area contributed by atoms with Crippen molar-refractivity contribution in [2.24, 2.45) is 5.84 Å². The third kappa shape index (κ3) is 3.55. The highest BCUT2D eigenvalue weighted by Gasteiger charge is 2.07. The SMILES string of the molecule is CCCc1nc(NN)cc(Nc2ccc(F)cc2Cl)n1. The van der Waals surface area contributed by atoms with Crippen LogP contribution in [-0.2, 0) is 6.42 Å². The summed E-state index contributed by atoms with van der Waals surface area (Å²) in [5, 5.41) is 3.31. The van der Waals surface area contributed by atoms with E-state index in [1.165, 1.54) is 12.1 Å². The Morgan fingerprint density at radius 2 is 2.00 bits per heavy atom. The molecule has 0 unspecified atom stereocenters. The van der Waals surface area contributed by atoms with Crippen LogP contribution in [0.5, 0.6) is 0 Å². The third-order valence-corrected chi connectivity index (χ3v) is 2.90. The fourth-order valence-electron chi connectivity index (χ4n) is 1.70. The third-order valence-electron chi connectivity index (χ3n) is 2.59. The number of halogens is 2. The molecule has 106 valence electrons. The number of nitrogens with one attached hydrogen (secondary N) is 2. The quantitative estimate of drug-likeness (QED) is 0.583. The maximum absolute atomic E-state index is 13.0. The highest BCUT2D eigenvalue weighted by molar-refractivity contribution is 6.33. The normalized spacial score (nSPS) is 10.4. The molecular formula is C13H15ClFN5. The second kappa shape index (κ2) is 6.49. The average Bonchev–Trinajstić information content (AvgIpc) is 2.42.